The summed E-state index contributed by atoms with van der Waals surface area (Å²) in [5.74, 6) is 0.540. The SMILES string of the molecule is Cc1cc(C)cc(NC(N)=NCC2CCCCS2(=O)=O)c1. The lowest BCUT2D eigenvalue weighted by atomic mass is 10.1. The zero-order valence-electron chi connectivity index (χ0n) is 12.6. The van der Waals surface area contributed by atoms with E-state index in [2.05, 4.69) is 16.4 Å². The maximum Gasteiger partial charge on any atom is 0.193 e. The second kappa shape index (κ2) is 6.47. The van der Waals surface area contributed by atoms with Gasteiger partial charge in [-0.25, -0.2) is 8.42 Å². The maximum atomic E-state index is 11.9. The van der Waals surface area contributed by atoms with E-state index in [1.54, 1.807) is 0 Å². The van der Waals surface area contributed by atoms with Gasteiger partial charge in [-0.3, -0.25) is 4.99 Å². The normalized spacial score (nSPS) is 22.0. The topological polar surface area (TPSA) is 84.5 Å². The zero-order chi connectivity index (χ0) is 15.5. The van der Waals surface area contributed by atoms with Crippen LogP contribution < -0.4 is 11.1 Å². The zero-order valence-corrected chi connectivity index (χ0v) is 13.4. The molecule has 5 nitrogen and oxygen atoms in total. The van der Waals surface area contributed by atoms with Crippen molar-refractivity contribution in [3.8, 4) is 0 Å². The quantitative estimate of drug-likeness (QED) is 0.660. The van der Waals surface area contributed by atoms with Gasteiger partial charge in [-0.05, 0) is 49.9 Å². The van der Waals surface area contributed by atoms with E-state index in [-0.39, 0.29) is 23.5 Å². The van der Waals surface area contributed by atoms with Crippen LogP contribution in [-0.2, 0) is 9.84 Å². The van der Waals surface area contributed by atoms with E-state index in [4.69, 9.17) is 5.73 Å². The van der Waals surface area contributed by atoms with E-state index in [1.165, 1.54) is 0 Å². The second-order valence-corrected chi connectivity index (χ2v) is 8.11. The number of nitrogens with two attached hydrogens (primary N) is 1. The van der Waals surface area contributed by atoms with Crippen LogP contribution in [0.4, 0.5) is 5.69 Å². The molecular formula is C15H23N3O2S. The predicted molar refractivity (Wildman–Crippen MR) is 87.5 cm³/mol. The maximum absolute atomic E-state index is 11.9. The van der Waals surface area contributed by atoms with Crippen LogP contribution in [0.5, 0.6) is 0 Å². The monoisotopic (exact) mass is 309 g/mol. The van der Waals surface area contributed by atoms with E-state index in [1.807, 2.05) is 26.0 Å². The lowest BCUT2D eigenvalue weighted by Crippen LogP contribution is -2.32. The molecule has 1 aromatic carbocycles. The minimum atomic E-state index is -3.00. The smallest absolute Gasteiger partial charge is 0.193 e. The molecule has 0 radical (unpaired) electrons. The standard InChI is InChI=1S/C15H23N3O2S/c1-11-7-12(2)9-13(8-11)18-15(16)17-10-14-5-3-4-6-21(14,19)20/h7-9,14H,3-6,10H2,1-2H3,(H3,16,17,18). The summed E-state index contributed by atoms with van der Waals surface area (Å²) in [6.45, 7) is 4.27. The number of nitrogens with one attached hydrogen (secondary N) is 1. The summed E-state index contributed by atoms with van der Waals surface area (Å²) in [6.07, 6.45) is 2.39. The summed E-state index contributed by atoms with van der Waals surface area (Å²) in [6, 6.07) is 6.03. The molecule has 6 heteroatoms. The van der Waals surface area contributed by atoms with Gasteiger partial charge in [-0.15, -0.1) is 0 Å². The van der Waals surface area contributed by atoms with Crippen molar-refractivity contribution in [1.29, 1.82) is 0 Å². The Morgan fingerprint density at radius 2 is 1.95 bits per heavy atom. The van der Waals surface area contributed by atoms with Gasteiger partial charge in [0.2, 0.25) is 0 Å². The number of nitrogens with zero attached hydrogens (tertiary/aromatic N) is 1. The molecule has 3 N–H and O–H groups in total. The number of sulfone groups is 1. The Labute approximate surface area is 126 Å². The van der Waals surface area contributed by atoms with Crippen LogP contribution >= 0.6 is 0 Å². The van der Waals surface area contributed by atoms with Crippen LogP contribution in [0.3, 0.4) is 0 Å². The summed E-state index contributed by atoms with van der Waals surface area (Å²) in [5.41, 5.74) is 9.01. The Hall–Kier alpha value is -1.56. The van der Waals surface area contributed by atoms with Gasteiger partial charge in [0, 0.05) is 5.69 Å². The van der Waals surface area contributed by atoms with Gasteiger partial charge in [0.15, 0.2) is 15.8 Å². The van der Waals surface area contributed by atoms with Crippen molar-refractivity contribution in [1.82, 2.24) is 0 Å². The van der Waals surface area contributed by atoms with Crippen LogP contribution in [0.2, 0.25) is 0 Å². The summed E-state index contributed by atoms with van der Waals surface area (Å²) in [5, 5.41) is 2.64. The van der Waals surface area contributed by atoms with Gasteiger partial charge >= 0.3 is 0 Å². The molecule has 1 heterocycles. The third kappa shape index (κ3) is 4.46. The van der Waals surface area contributed by atoms with Gasteiger partial charge in [0.05, 0.1) is 17.5 Å². The number of hydrogen-bond acceptors (Lipinski definition) is 3. The van der Waals surface area contributed by atoms with Gasteiger partial charge in [-0.1, -0.05) is 12.5 Å². The molecule has 0 aliphatic carbocycles. The predicted octanol–water partition coefficient (Wildman–Crippen LogP) is 2.00. The van der Waals surface area contributed by atoms with Gasteiger partial charge < -0.3 is 11.1 Å². The first-order valence-electron chi connectivity index (χ1n) is 7.23. The molecular weight excluding hydrogens is 286 g/mol. The first-order valence-corrected chi connectivity index (χ1v) is 8.95. The van der Waals surface area contributed by atoms with Crippen molar-refractivity contribution < 1.29 is 8.42 Å². The molecule has 0 saturated carbocycles. The van der Waals surface area contributed by atoms with E-state index >= 15 is 0 Å². The molecule has 1 unspecified atom stereocenters. The Bertz CT molecular complexity index is 618. The van der Waals surface area contributed by atoms with E-state index in [0.29, 0.717) is 6.42 Å². The van der Waals surface area contributed by atoms with Gasteiger partial charge in [-0.2, -0.15) is 0 Å². The van der Waals surface area contributed by atoms with Crippen molar-refractivity contribution in [2.75, 3.05) is 17.6 Å². The summed E-state index contributed by atoms with van der Waals surface area (Å²) in [4.78, 5) is 4.20. The van der Waals surface area contributed by atoms with Gasteiger partial charge in [0.1, 0.15) is 0 Å². The van der Waals surface area contributed by atoms with Crippen LogP contribution in [0, 0.1) is 13.8 Å². The van der Waals surface area contributed by atoms with Crippen LogP contribution in [0.15, 0.2) is 23.2 Å². The fourth-order valence-corrected chi connectivity index (χ4v) is 4.43. The third-order valence-corrected chi connectivity index (χ3v) is 5.93. The Morgan fingerprint density at radius 3 is 2.57 bits per heavy atom. The number of guanidine groups is 1. The van der Waals surface area contributed by atoms with Crippen LogP contribution in [0.1, 0.15) is 30.4 Å². The highest BCUT2D eigenvalue weighted by molar-refractivity contribution is 7.92. The number of benzene rings is 1. The first kappa shape index (κ1) is 15.8. The highest BCUT2D eigenvalue weighted by Crippen LogP contribution is 2.19. The van der Waals surface area contributed by atoms with Gasteiger partial charge in [0.25, 0.3) is 0 Å². The van der Waals surface area contributed by atoms with Crippen LogP contribution in [-0.4, -0.2) is 31.9 Å². The summed E-state index contributed by atoms with van der Waals surface area (Å²) >= 11 is 0. The van der Waals surface area contributed by atoms with E-state index in [0.717, 1.165) is 29.7 Å². The lowest BCUT2D eigenvalue weighted by Gasteiger charge is -2.20. The minimum absolute atomic E-state index is 0.242. The molecule has 1 aromatic rings. The molecule has 2 rings (SSSR count). The average molecular weight is 309 g/mol. The highest BCUT2D eigenvalue weighted by atomic mass is 32.2. The molecule has 1 atom stereocenters. The highest BCUT2D eigenvalue weighted by Gasteiger charge is 2.28. The van der Waals surface area contributed by atoms with Crippen molar-refractivity contribution in [2.45, 2.75) is 38.4 Å². The van der Waals surface area contributed by atoms with Crippen molar-refractivity contribution >= 4 is 21.5 Å². The summed E-state index contributed by atoms with van der Waals surface area (Å²) < 4.78 is 23.8. The minimum Gasteiger partial charge on any atom is -0.370 e. The van der Waals surface area contributed by atoms with E-state index < -0.39 is 9.84 Å². The lowest BCUT2D eigenvalue weighted by molar-refractivity contribution is 0.541. The molecule has 1 saturated heterocycles. The molecule has 116 valence electrons. The van der Waals surface area contributed by atoms with Crippen LogP contribution in [0.25, 0.3) is 0 Å². The number of anilines is 1. The fourth-order valence-electron chi connectivity index (χ4n) is 2.66. The van der Waals surface area contributed by atoms with Crippen molar-refractivity contribution in [2.24, 2.45) is 10.7 Å². The molecule has 0 spiro atoms. The Balaban J connectivity index is 2.01. The molecule has 0 bridgehead atoms. The molecule has 0 amide bonds. The molecule has 21 heavy (non-hydrogen) atoms. The molecule has 1 aliphatic rings. The molecule has 1 fully saturated rings. The Kier molecular flexibility index (Phi) is 4.88. The number of rotatable bonds is 3. The second-order valence-electron chi connectivity index (χ2n) is 5.71. The average Bonchev–Trinajstić information content (AvgIpc) is 2.35. The third-order valence-electron chi connectivity index (χ3n) is 3.67. The first-order chi connectivity index (χ1) is 9.87. The van der Waals surface area contributed by atoms with Crippen molar-refractivity contribution in [3.63, 3.8) is 0 Å². The van der Waals surface area contributed by atoms with E-state index in [9.17, 15) is 8.42 Å². The number of aryl methyl sites for hydroxylation is 2. The largest absolute Gasteiger partial charge is 0.370 e. The summed E-state index contributed by atoms with van der Waals surface area (Å²) in [7, 11) is -3.00. The molecule has 0 aromatic heterocycles. The Morgan fingerprint density at radius 1 is 1.29 bits per heavy atom. The number of hydrogen-bond donors (Lipinski definition) is 2. The number of aliphatic imine (C=N–C) groups is 1. The van der Waals surface area contributed by atoms with Crippen molar-refractivity contribution in [3.05, 3.63) is 29.3 Å². The fraction of sp³-hybridized carbons (Fsp3) is 0.533. The molecule has 1 aliphatic heterocycles.